The molecule has 0 spiro atoms. The molecule has 2 amide bonds. The number of hydrogen-bond donors (Lipinski definition) is 4. The summed E-state index contributed by atoms with van der Waals surface area (Å²) >= 11 is 0. The standard InChI is InChI=1S/C39H59N3O6/c1-11-25(2)31-23-34(47-10)32(35-26(3)33(44)22-30(24-43)48-35)21-29(31)20-28-14-12-27(13-15-28)16-17-38(4,5)36(45)41-39(6,7)37(46)40-18-19-42(8)9/h12-17,21,23,25-26,30,33,35,43-44H,11,18-20,22,24H2,1-10H3,(H,40,46)(H,41,45). The van der Waals surface area contributed by atoms with Crippen LogP contribution in [0.1, 0.15) is 101 Å². The molecule has 1 fully saturated rings. The number of ether oxygens (including phenoxy) is 2. The van der Waals surface area contributed by atoms with Gasteiger partial charge in [0.25, 0.3) is 0 Å². The van der Waals surface area contributed by atoms with Crippen molar-refractivity contribution in [1.29, 1.82) is 0 Å². The number of amides is 2. The number of nitrogens with one attached hydrogen (secondary N) is 2. The second-order valence-electron chi connectivity index (χ2n) is 14.7. The summed E-state index contributed by atoms with van der Waals surface area (Å²) in [7, 11) is 5.55. The van der Waals surface area contributed by atoms with Crippen molar-refractivity contribution in [3.63, 3.8) is 0 Å². The summed E-state index contributed by atoms with van der Waals surface area (Å²) in [4.78, 5) is 27.9. The van der Waals surface area contributed by atoms with Gasteiger partial charge in [-0.3, -0.25) is 9.59 Å². The van der Waals surface area contributed by atoms with E-state index in [0.29, 0.717) is 31.8 Å². The zero-order valence-corrected chi connectivity index (χ0v) is 30.7. The predicted molar refractivity (Wildman–Crippen MR) is 192 cm³/mol. The highest BCUT2D eigenvalue weighted by Crippen LogP contribution is 2.43. The lowest BCUT2D eigenvalue weighted by Crippen LogP contribution is -2.57. The van der Waals surface area contributed by atoms with Gasteiger partial charge in [0.2, 0.25) is 11.8 Å². The summed E-state index contributed by atoms with van der Waals surface area (Å²) in [6.07, 6.45) is 4.48. The summed E-state index contributed by atoms with van der Waals surface area (Å²) in [5.41, 5.74) is 3.49. The Morgan fingerprint density at radius 1 is 1.12 bits per heavy atom. The minimum absolute atomic E-state index is 0.143. The number of aliphatic hydroxyl groups excluding tert-OH is 2. The van der Waals surface area contributed by atoms with E-state index < -0.39 is 29.3 Å². The highest BCUT2D eigenvalue weighted by molar-refractivity contribution is 5.93. The molecule has 1 saturated heterocycles. The lowest BCUT2D eigenvalue weighted by molar-refractivity contribution is -0.146. The number of aliphatic hydroxyl groups is 2. The molecule has 1 aliphatic heterocycles. The van der Waals surface area contributed by atoms with Crippen LogP contribution in [0.2, 0.25) is 0 Å². The molecule has 0 bridgehead atoms. The number of hydrogen-bond acceptors (Lipinski definition) is 7. The largest absolute Gasteiger partial charge is 0.496 e. The molecular weight excluding hydrogens is 606 g/mol. The average molecular weight is 666 g/mol. The van der Waals surface area contributed by atoms with E-state index in [-0.39, 0.29) is 24.3 Å². The van der Waals surface area contributed by atoms with Crippen LogP contribution in [-0.2, 0) is 20.7 Å². The Kier molecular flexibility index (Phi) is 13.8. The van der Waals surface area contributed by atoms with Gasteiger partial charge in [0.15, 0.2) is 0 Å². The Bertz CT molecular complexity index is 1400. The van der Waals surface area contributed by atoms with E-state index >= 15 is 0 Å². The summed E-state index contributed by atoms with van der Waals surface area (Å²) < 4.78 is 12.1. The van der Waals surface area contributed by atoms with Gasteiger partial charge >= 0.3 is 0 Å². The van der Waals surface area contributed by atoms with Crippen LogP contribution in [0.5, 0.6) is 5.75 Å². The Morgan fingerprint density at radius 2 is 1.79 bits per heavy atom. The molecule has 2 aromatic carbocycles. The summed E-state index contributed by atoms with van der Waals surface area (Å²) in [5, 5.41) is 26.4. The van der Waals surface area contributed by atoms with Crippen LogP contribution in [0.4, 0.5) is 0 Å². The molecule has 0 aromatic heterocycles. The van der Waals surface area contributed by atoms with Crippen molar-refractivity contribution in [3.8, 4) is 5.75 Å². The summed E-state index contributed by atoms with van der Waals surface area (Å²) in [6, 6.07) is 12.6. The van der Waals surface area contributed by atoms with Crippen molar-refractivity contribution in [1.82, 2.24) is 15.5 Å². The number of nitrogens with zero attached hydrogens (tertiary/aromatic N) is 1. The maximum absolute atomic E-state index is 13.2. The number of carbonyl (C=O) groups excluding carboxylic acids is 2. The molecule has 5 atom stereocenters. The third-order valence-corrected chi connectivity index (χ3v) is 9.56. The first-order valence-corrected chi connectivity index (χ1v) is 17.2. The maximum Gasteiger partial charge on any atom is 0.245 e. The van der Waals surface area contributed by atoms with Gasteiger partial charge in [-0.2, -0.15) is 0 Å². The Labute approximate surface area is 288 Å². The number of benzene rings is 2. The molecule has 9 nitrogen and oxygen atoms in total. The molecule has 4 N–H and O–H groups in total. The molecule has 48 heavy (non-hydrogen) atoms. The molecule has 1 heterocycles. The molecule has 3 rings (SSSR count). The SMILES string of the molecule is CCC(C)c1cc(OC)c(C2OC(CO)CC(O)C2C)cc1Cc1ccc(C=CC(C)(C)C(=O)NC(C)(C)C(=O)NCCN(C)C)cc1. The number of methoxy groups -OCH3 is 1. The van der Waals surface area contributed by atoms with Crippen molar-refractivity contribution >= 4 is 17.9 Å². The molecule has 0 aliphatic carbocycles. The molecule has 9 heteroatoms. The average Bonchev–Trinajstić information content (AvgIpc) is 3.04. The van der Waals surface area contributed by atoms with Crippen LogP contribution in [-0.4, -0.2) is 85.6 Å². The van der Waals surface area contributed by atoms with Crippen LogP contribution < -0.4 is 15.4 Å². The van der Waals surface area contributed by atoms with Crippen molar-refractivity contribution < 1.29 is 29.3 Å². The minimum Gasteiger partial charge on any atom is -0.496 e. The first kappa shape index (κ1) is 39.2. The van der Waals surface area contributed by atoms with E-state index in [4.69, 9.17) is 9.47 Å². The third-order valence-electron chi connectivity index (χ3n) is 9.56. The van der Waals surface area contributed by atoms with Gasteiger partial charge in [-0.05, 0) is 94.9 Å². The summed E-state index contributed by atoms with van der Waals surface area (Å²) in [5.74, 6) is 0.439. The second-order valence-corrected chi connectivity index (χ2v) is 14.7. The molecular formula is C39H59N3O6. The Balaban J connectivity index is 1.79. The Morgan fingerprint density at radius 3 is 2.38 bits per heavy atom. The van der Waals surface area contributed by atoms with E-state index in [1.807, 2.05) is 64.1 Å². The topological polar surface area (TPSA) is 120 Å². The lowest BCUT2D eigenvalue weighted by atomic mass is 9.82. The van der Waals surface area contributed by atoms with Crippen molar-refractivity contribution in [2.75, 3.05) is 40.9 Å². The fraction of sp³-hybridized carbons (Fsp3) is 0.590. The zero-order chi connectivity index (χ0) is 35.8. The van der Waals surface area contributed by atoms with Gasteiger partial charge in [-0.1, -0.05) is 57.2 Å². The predicted octanol–water partition coefficient (Wildman–Crippen LogP) is 5.23. The Hall–Kier alpha value is -3.24. The van der Waals surface area contributed by atoms with Crippen molar-refractivity contribution in [2.45, 2.75) is 97.5 Å². The van der Waals surface area contributed by atoms with E-state index in [0.717, 1.165) is 28.9 Å². The monoisotopic (exact) mass is 665 g/mol. The third kappa shape index (κ3) is 10.1. The van der Waals surface area contributed by atoms with E-state index in [2.05, 4.69) is 48.7 Å². The van der Waals surface area contributed by atoms with Crippen LogP contribution >= 0.6 is 0 Å². The fourth-order valence-electron chi connectivity index (χ4n) is 5.90. The van der Waals surface area contributed by atoms with Crippen LogP contribution in [0, 0.1) is 11.3 Å². The highest BCUT2D eigenvalue weighted by Gasteiger charge is 2.38. The van der Waals surface area contributed by atoms with Crippen LogP contribution in [0.25, 0.3) is 6.08 Å². The van der Waals surface area contributed by atoms with Gasteiger partial charge < -0.3 is 35.2 Å². The molecule has 5 unspecified atom stereocenters. The van der Waals surface area contributed by atoms with Gasteiger partial charge in [0.1, 0.15) is 11.3 Å². The van der Waals surface area contributed by atoms with E-state index in [1.165, 1.54) is 11.1 Å². The highest BCUT2D eigenvalue weighted by atomic mass is 16.5. The second kappa shape index (κ2) is 16.9. The molecule has 0 radical (unpaired) electrons. The maximum atomic E-state index is 13.2. The van der Waals surface area contributed by atoms with Crippen LogP contribution in [0.3, 0.4) is 0 Å². The van der Waals surface area contributed by atoms with Gasteiger partial charge in [0.05, 0.1) is 37.4 Å². The number of likely N-dealkylation sites (N-methyl/N-ethyl adjacent to an activating group) is 1. The van der Waals surface area contributed by atoms with E-state index in [9.17, 15) is 19.8 Å². The first-order chi connectivity index (χ1) is 22.5. The molecule has 0 saturated carbocycles. The molecule has 266 valence electrons. The smallest absolute Gasteiger partial charge is 0.245 e. The zero-order valence-electron chi connectivity index (χ0n) is 30.7. The number of rotatable bonds is 15. The molecule has 2 aromatic rings. The first-order valence-electron chi connectivity index (χ1n) is 17.2. The van der Waals surface area contributed by atoms with Gasteiger partial charge in [-0.15, -0.1) is 0 Å². The minimum atomic E-state index is -1.05. The van der Waals surface area contributed by atoms with Crippen LogP contribution in [0.15, 0.2) is 42.5 Å². The van der Waals surface area contributed by atoms with E-state index in [1.54, 1.807) is 21.0 Å². The quantitative estimate of drug-likeness (QED) is 0.206. The fourth-order valence-corrected chi connectivity index (χ4v) is 5.90. The number of carbonyl (C=O) groups is 2. The normalized spacial score (nSPS) is 20.9. The summed E-state index contributed by atoms with van der Waals surface area (Å²) in [6.45, 7) is 14.5. The van der Waals surface area contributed by atoms with Crippen molar-refractivity contribution in [2.24, 2.45) is 11.3 Å². The van der Waals surface area contributed by atoms with Crippen molar-refractivity contribution in [3.05, 3.63) is 70.3 Å². The lowest BCUT2D eigenvalue weighted by Gasteiger charge is -2.38. The molecule has 1 aliphatic rings. The van der Waals surface area contributed by atoms with Gasteiger partial charge in [-0.25, -0.2) is 0 Å². The van der Waals surface area contributed by atoms with Gasteiger partial charge in [0, 0.05) is 31.0 Å².